The Bertz CT molecular complexity index is 918. The number of halogens is 1. The summed E-state index contributed by atoms with van der Waals surface area (Å²) in [6.07, 6.45) is 0.550. The highest BCUT2D eigenvalue weighted by Gasteiger charge is 2.20. The maximum Gasteiger partial charge on any atom is 0.277 e. The van der Waals surface area contributed by atoms with Gasteiger partial charge in [0.2, 0.25) is 11.8 Å². The molecule has 3 aromatic rings. The first-order valence-corrected chi connectivity index (χ1v) is 9.48. The van der Waals surface area contributed by atoms with Crippen LogP contribution in [0.15, 0.2) is 58.2 Å². The Morgan fingerprint density at radius 2 is 2.04 bits per heavy atom. The van der Waals surface area contributed by atoms with Gasteiger partial charge in [-0.05, 0) is 30.7 Å². The van der Waals surface area contributed by atoms with Crippen molar-refractivity contribution in [2.24, 2.45) is 0 Å². The van der Waals surface area contributed by atoms with Gasteiger partial charge in [0.15, 0.2) is 0 Å². The molecular formula is C19H18ClN3O3S. The summed E-state index contributed by atoms with van der Waals surface area (Å²) < 4.78 is 10.9. The summed E-state index contributed by atoms with van der Waals surface area (Å²) in [5.41, 5.74) is 1.59. The maximum atomic E-state index is 12.5. The summed E-state index contributed by atoms with van der Waals surface area (Å²) in [6, 6.07) is 14.9. The van der Waals surface area contributed by atoms with Crippen LogP contribution in [0.25, 0.3) is 0 Å². The third-order valence-electron chi connectivity index (χ3n) is 3.71. The number of carbonyl (C=O) groups is 1. The quantitative estimate of drug-likeness (QED) is 0.587. The zero-order chi connectivity index (χ0) is 19.2. The lowest BCUT2D eigenvalue weighted by Crippen LogP contribution is -2.22. The molecule has 1 amide bonds. The summed E-state index contributed by atoms with van der Waals surface area (Å²) in [6.45, 7) is 1.76. The molecule has 1 heterocycles. The largest absolute Gasteiger partial charge is 0.495 e. The Balaban J connectivity index is 1.61. The summed E-state index contributed by atoms with van der Waals surface area (Å²) in [5.74, 6) is 0.823. The third-order valence-corrected chi connectivity index (χ3v) is 4.88. The average molecular weight is 404 g/mol. The van der Waals surface area contributed by atoms with E-state index in [1.165, 1.54) is 18.9 Å². The standard InChI is InChI=1S/C19H18ClN3O3S/c1-12(18(24)21-15-11-14(20)8-9-16(15)25-2)27-19-23-22-17(26-19)10-13-6-4-3-5-7-13/h3-9,11-12H,10H2,1-2H3,(H,21,24)/t12-/m1/s1. The molecule has 0 unspecified atom stereocenters. The highest BCUT2D eigenvalue weighted by atomic mass is 35.5. The highest BCUT2D eigenvalue weighted by molar-refractivity contribution is 8.00. The van der Waals surface area contributed by atoms with E-state index in [1.54, 1.807) is 25.1 Å². The molecule has 0 aliphatic carbocycles. The van der Waals surface area contributed by atoms with E-state index in [1.807, 2.05) is 30.3 Å². The Hall–Kier alpha value is -2.51. The molecule has 0 spiro atoms. The predicted octanol–water partition coefficient (Wildman–Crippen LogP) is 4.44. The molecule has 8 heteroatoms. The molecule has 1 atom stereocenters. The summed E-state index contributed by atoms with van der Waals surface area (Å²) in [5, 5.41) is 11.3. The van der Waals surface area contributed by atoms with Crippen LogP contribution in [0, 0.1) is 0 Å². The van der Waals surface area contributed by atoms with Crippen molar-refractivity contribution in [1.29, 1.82) is 0 Å². The number of carbonyl (C=O) groups excluding carboxylic acids is 1. The highest BCUT2D eigenvalue weighted by Crippen LogP contribution is 2.29. The SMILES string of the molecule is COc1ccc(Cl)cc1NC(=O)[C@@H](C)Sc1nnc(Cc2ccccc2)o1. The monoisotopic (exact) mass is 403 g/mol. The van der Waals surface area contributed by atoms with E-state index in [-0.39, 0.29) is 5.91 Å². The van der Waals surface area contributed by atoms with Crippen LogP contribution < -0.4 is 10.1 Å². The fourth-order valence-electron chi connectivity index (χ4n) is 2.34. The second-order valence-electron chi connectivity index (χ2n) is 5.72. The average Bonchev–Trinajstić information content (AvgIpc) is 3.09. The van der Waals surface area contributed by atoms with E-state index in [0.717, 1.165) is 5.56 Å². The van der Waals surface area contributed by atoms with Crippen LogP contribution in [-0.4, -0.2) is 28.5 Å². The number of ether oxygens (including phenoxy) is 1. The van der Waals surface area contributed by atoms with E-state index in [2.05, 4.69) is 15.5 Å². The van der Waals surface area contributed by atoms with Gasteiger partial charge >= 0.3 is 0 Å². The molecular weight excluding hydrogens is 386 g/mol. The fourth-order valence-corrected chi connectivity index (χ4v) is 3.22. The number of amides is 1. The van der Waals surface area contributed by atoms with Crippen molar-refractivity contribution in [3.8, 4) is 5.75 Å². The van der Waals surface area contributed by atoms with Gasteiger partial charge in [-0.1, -0.05) is 53.7 Å². The van der Waals surface area contributed by atoms with E-state index in [9.17, 15) is 4.79 Å². The van der Waals surface area contributed by atoms with Gasteiger partial charge in [-0.3, -0.25) is 4.79 Å². The molecule has 0 radical (unpaired) electrons. The molecule has 6 nitrogen and oxygen atoms in total. The Labute approximate surface area is 166 Å². The van der Waals surface area contributed by atoms with Gasteiger partial charge in [0.25, 0.3) is 5.22 Å². The van der Waals surface area contributed by atoms with Crippen LogP contribution >= 0.6 is 23.4 Å². The number of hydrogen-bond acceptors (Lipinski definition) is 6. The molecule has 1 N–H and O–H groups in total. The smallest absolute Gasteiger partial charge is 0.277 e. The Kier molecular flexibility index (Phi) is 6.36. The zero-order valence-electron chi connectivity index (χ0n) is 14.8. The first kappa shape index (κ1) is 19.3. The van der Waals surface area contributed by atoms with Gasteiger partial charge in [0.05, 0.1) is 24.5 Å². The van der Waals surface area contributed by atoms with Gasteiger partial charge in [-0.25, -0.2) is 0 Å². The molecule has 0 aliphatic heterocycles. The molecule has 27 heavy (non-hydrogen) atoms. The topological polar surface area (TPSA) is 77.2 Å². The van der Waals surface area contributed by atoms with Crippen LogP contribution in [0.1, 0.15) is 18.4 Å². The summed E-state index contributed by atoms with van der Waals surface area (Å²) >= 11 is 7.18. The molecule has 0 bridgehead atoms. The number of hydrogen-bond donors (Lipinski definition) is 1. The van der Waals surface area contributed by atoms with Crippen LogP contribution in [0.5, 0.6) is 5.75 Å². The second-order valence-corrected chi connectivity index (χ2v) is 7.45. The molecule has 0 saturated carbocycles. The molecule has 140 valence electrons. The Morgan fingerprint density at radius 3 is 2.78 bits per heavy atom. The lowest BCUT2D eigenvalue weighted by molar-refractivity contribution is -0.115. The van der Waals surface area contributed by atoms with Gasteiger partial charge in [-0.2, -0.15) is 0 Å². The van der Waals surface area contributed by atoms with Crippen molar-refractivity contribution in [3.05, 3.63) is 65.0 Å². The molecule has 2 aromatic carbocycles. The van der Waals surface area contributed by atoms with Crippen molar-refractivity contribution in [2.45, 2.75) is 23.8 Å². The first-order valence-electron chi connectivity index (χ1n) is 8.22. The number of rotatable bonds is 7. The lowest BCUT2D eigenvalue weighted by Gasteiger charge is -2.13. The van der Waals surface area contributed by atoms with Crippen LogP contribution in [0.4, 0.5) is 5.69 Å². The Morgan fingerprint density at radius 1 is 1.26 bits per heavy atom. The zero-order valence-corrected chi connectivity index (χ0v) is 16.4. The van der Waals surface area contributed by atoms with Gasteiger partial charge in [-0.15, -0.1) is 10.2 Å². The number of nitrogens with one attached hydrogen (secondary N) is 1. The number of benzene rings is 2. The van der Waals surface area contributed by atoms with E-state index in [0.29, 0.717) is 34.0 Å². The number of aromatic nitrogens is 2. The maximum absolute atomic E-state index is 12.5. The molecule has 1 aromatic heterocycles. The van der Waals surface area contributed by atoms with Gasteiger partial charge in [0, 0.05) is 5.02 Å². The van der Waals surface area contributed by atoms with Crippen LogP contribution in [0.3, 0.4) is 0 Å². The number of methoxy groups -OCH3 is 1. The van der Waals surface area contributed by atoms with Crippen molar-refractivity contribution in [1.82, 2.24) is 10.2 Å². The minimum atomic E-state index is -0.446. The van der Waals surface area contributed by atoms with Crippen LogP contribution in [-0.2, 0) is 11.2 Å². The number of nitrogens with zero attached hydrogens (tertiary/aromatic N) is 2. The number of thioether (sulfide) groups is 1. The fraction of sp³-hybridized carbons (Fsp3) is 0.211. The van der Waals surface area contributed by atoms with Crippen molar-refractivity contribution < 1.29 is 13.9 Å². The molecule has 3 rings (SSSR count). The molecule has 0 aliphatic rings. The number of anilines is 1. The minimum Gasteiger partial charge on any atom is -0.495 e. The predicted molar refractivity (Wildman–Crippen MR) is 105 cm³/mol. The van der Waals surface area contributed by atoms with Crippen molar-refractivity contribution in [2.75, 3.05) is 12.4 Å². The first-order chi connectivity index (χ1) is 13.0. The van der Waals surface area contributed by atoms with E-state index >= 15 is 0 Å². The summed E-state index contributed by atoms with van der Waals surface area (Å²) in [4.78, 5) is 12.5. The van der Waals surface area contributed by atoms with Gasteiger partial charge < -0.3 is 14.5 Å². The molecule has 0 saturated heterocycles. The normalized spacial score (nSPS) is 11.8. The van der Waals surface area contributed by atoms with E-state index < -0.39 is 5.25 Å². The minimum absolute atomic E-state index is 0.219. The van der Waals surface area contributed by atoms with E-state index in [4.69, 9.17) is 20.8 Å². The third kappa shape index (κ3) is 5.24. The van der Waals surface area contributed by atoms with Gasteiger partial charge in [0.1, 0.15) is 5.75 Å². The van der Waals surface area contributed by atoms with Crippen molar-refractivity contribution >= 4 is 35.0 Å². The van der Waals surface area contributed by atoms with Crippen LogP contribution in [0.2, 0.25) is 5.02 Å². The van der Waals surface area contributed by atoms with Crippen molar-refractivity contribution in [3.63, 3.8) is 0 Å². The lowest BCUT2D eigenvalue weighted by atomic mass is 10.2. The molecule has 0 fully saturated rings. The second kappa shape index (κ2) is 8.92. The summed E-state index contributed by atoms with van der Waals surface area (Å²) in [7, 11) is 1.53.